The summed E-state index contributed by atoms with van der Waals surface area (Å²) in [5.41, 5.74) is -0.522. The topological polar surface area (TPSA) is 99.2 Å². The maximum absolute atomic E-state index is 12.2. The van der Waals surface area contributed by atoms with Crippen molar-refractivity contribution in [3.8, 4) is 5.75 Å². The molecule has 2 rings (SSSR count). The summed E-state index contributed by atoms with van der Waals surface area (Å²) in [7, 11) is -2.35. The van der Waals surface area contributed by atoms with Crippen molar-refractivity contribution in [2.45, 2.75) is 39.2 Å². The lowest BCUT2D eigenvalue weighted by Crippen LogP contribution is -2.32. The molecule has 1 saturated carbocycles. The SMILES string of the molecule is COC(=O)c1cc(N(CC2CC2)S(C)(=O)=O)ccc1OC(=O)OC(C)(C)C. The minimum atomic E-state index is -3.53. The van der Waals surface area contributed by atoms with Crippen LogP contribution in [0.4, 0.5) is 10.5 Å². The number of anilines is 1. The number of ether oxygens (including phenoxy) is 3. The lowest BCUT2D eigenvalue weighted by molar-refractivity contribution is 0.0203. The van der Waals surface area contributed by atoms with Crippen molar-refractivity contribution in [1.82, 2.24) is 0 Å². The van der Waals surface area contributed by atoms with E-state index < -0.39 is 27.7 Å². The summed E-state index contributed by atoms with van der Waals surface area (Å²) in [6.45, 7) is 5.38. The highest BCUT2D eigenvalue weighted by molar-refractivity contribution is 7.92. The highest BCUT2D eigenvalue weighted by Crippen LogP contribution is 2.34. The molecular formula is C18H25NO7S. The van der Waals surface area contributed by atoms with Crippen molar-refractivity contribution < 1.29 is 32.2 Å². The van der Waals surface area contributed by atoms with Crippen LogP contribution >= 0.6 is 0 Å². The maximum Gasteiger partial charge on any atom is 0.514 e. The van der Waals surface area contributed by atoms with Crippen LogP contribution in [-0.4, -0.2) is 46.1 Å². The van der Waals surface area contributed by atoms with Crippen molar-refractivity contribution >= 4 is 27.8 Å². The van der Waals surface area contributed by atoms with Gasteiger partial charge in [-0.05, 0) is 57.7 Å². The molecule has 0 amide bonds. The molecule has 1 aliphatic rings. The second-order valence-electron chi connectivity index (χ2n) is 7.48. The van der Waals surface area contributed by atoms with Gasteiger partial charge in [-0.1, -0.05) is 0 Å². The molecule has 150 valence electrons. The predicted octanol–water partition coefficient (Wildman–Crippen LogP) is 2.96. The number of methoxy groups -OCH3 is 1. The highest BCUT2D eigenvalue weighted by atomic mass is 32.2. The number of carbonyl (C=O) groups excluding carboxylic acids is 2. The van der Waals surface area contributed by atoms with E-state index in [9.17, 15) is 18.0 Å². The second kappa shape index (κ2) is 7.75. The van der Waals surface area contributed by atoms with E-state index in [1.807, 2.05) is 0 Å². The van der Waals surface area contributed by atoms with Gasteiger partial charge in [0.2, 0.25) is 10.0 Å². The monoisotopic (exact) mass is 399 g/mol. The average Bonchev–Trinajstić information content (AvgIpc) is 3.33. The Morgan fingerprint density at radius 3 is 2.33 bits per heavy atom. The quantitative estimate of drug-likeness (QED) is 0.535. The molecule has 0 N–H and O–H groups in total. The molecule has 0 radical (unpaired) electrons. The Kier molecular flexibility index (Phi) is 6.04. The summed E-state index contributed by atoms with van der Waals surface area (Å²) in [5, 5.41) is 0. The van der Waals surface area contributed by atoms with Gasteiger partial charge in [-0.15, -0.1) is 0 Å². The Balaban J connectivity index is 2.36. The third-order valence-corrected chi connectivity index (χ3v) is 4.92. The van der Waals surface area contributed by atoms with Crippen LogP contribution in [0.1, 0.15) is 44.0 Å². The first kappa shape index (κ1) is 21.0. The first-order valence-corrected chi connectivity index (χ1v) is 10.4. The van der Waals surface area contributed by atoms with Crippen LogP contribution in [0.2, 0.25) is 0 Å². The van der Waals surface area contributed by atoms with Crippen molar-refractivity contribution in [1.29, 1.82) is 0 Å². The average molecular weight is 399 g/mol. The number of rotatable bonds is 6. The molecule has 1 aromatic carbocycles. The lowest BCUT2D eigenvalue weighted by Gasteiger charge is -2.23. The largest absolute Gasteiger partial charge is 0.514 e. The lowest BCUT2D eigenvalue weighted by atomic mass is 10.1. The maximum atomic E-state index is 12.2. The van der Waals surface area contributed by atoms with Gasteiger partial charge >= 0.3 is 12.1 Å². The first-order chi connectivity index (χ1) is 12.4. The van der Waals surface area contributed by atoms with Gasteiger partial charge < -0.3 is 14.2 Å². The molecule has 0 aromatic heterocycles. The van der Waals surface area contributed by atoms with Gasteiger partial charge in [0.25, 0.3) is 0 Å². The number of hydrogen-bond acceptors (Lipinski definition) is 7. The molecule has 0 heterocycles. The van der Waals surface area contributed by atoms with E-state index >= 15 is 0 Å². The van der Waals surface area contributed by atoms with Crippen LogP contribution < -0.4 is 9.04 Å². The number of nitrogens with zero attached hydrogens (tertiary/aromatic N) is 1. The van der Waals surface area contributed by atoms with E-state index in [1.54, 1.807) is 20.8 Å². The number of esters is 1. The highest BCUT2D eigenvalue weighted by Gasteiger charge is 2.30. The molecule has 0 saturated heterocycles. The molecule has 0 bridgehead atoms. The first-order valence-electron chi connectivity index (χ1n) is 8.51. The van der Waals surface area contributed by atoms with Gasteiger partial charge in [0.1, 0.15) is 16.9 Å². The van der Waals surface area contributed by atoms with Gasteiger partial charge in [-0.25, -0.2) is 18.0 Å². The molecule has 9 heteroatoms. The molecule has 1 fully saturated rings. The summed E-state index contributed by atoms with van der Waals surface area (Å²) in [6.07, 6.45) is 2.07. The number of hydrogen-bond donors (Lipinski definition) is 0. The number of carbonyl (C=O) groups is 2. The predicted molar refractivity (Wildman–Crippen MR) is 99.6 cm³/mol. The number of sulfonamides is 1. The van der Waals surface area contributed by atoms with Crippen LogP contribution in [0, 0.1) is 5.92 Å². The van der Waals surface area contributed by atoms with Crippen molar-refractivity contribution in [3.05, 3.63) is 23.8 Å². The third kappa shape index (κ3) is 6.13. The molecule has 0 aliphatic heterocycles. The molecule has 1 aromatic rings. The molecule has 0 atom stereocenters. The molecule has 0 unspecified atom stereocenters. The van der Waals surface area contributed by atoms with Crippen molar-refractivity contribution in [3.63, 3.8) is 0 Å². The molecular weight excluding hydrogens is 374 g/mol. The van der Waals surface area contributed by atoms with Gasteiger partial charge in [0.15, 0.2) is 0 Å². The van der Waals surface area contributed by atoms with Crippen LogP contribution in [0.15, 0.2) is 18.2 Å². The third-order valence-electron chi connectivity index (χ3n) is 3.76. The van der Waals surface area contributed by atoms with Gasteiger partial charge in [-0.2, -0.15) is 0 Å². The summed E-state index contributed by atoms with van der Waals surface area (Å²) in [5.74, 6) is -0.519. The number of benzene rings is 1. The fraction of sp³-hybridized carbons (Fsp3) is 0.556. The van der Waals surface area contributed by atoms with Gasteiger partial charge in [0.05, 0.1) is 19.1 Å². The van der Waals surface area contributed by atoms with E-state index in [0.717, 1.165) is 19.1 Å². The Morgan fingerprint density at radius 1 is 1.22 bits per heavy atom. The zero-order valence-electron chi connectivity index (χ0n) is 16.1. The molecule has 1 aliphatic carbocycles. The molecule has 27 heavy (non-hydrogen) atoms. The summed E-state index contributed by atoms with van der Waals surface area (Å²) in [4.78, 5) is 24.1. The van der Waals surface area contributed by atoms with E-state index in [4.69, 9.17) is 14.2 Å². The van der Waals surface area contributed by atoms with E-state index in [2.05, 4.69) is 0 Å². The molecule has 8 nitrogen and oxygen atoms in total. The van der Waals surface area contributed by atoms with Crippen LogP contribution in [0.25, 0.3) is 0 Å². The zero-order valence-corrected chi connectivity index (χ0v) is 17.0. The van der Waals surface area contributed by atoms with E-state index in [1.165, 1.54) is 29.6 Å². The van der Waals surface area contributed by atoms with Gasteiger partial charge in [0, 0.05) is 6.54 Å². The normalized spacial score (nSPS) is 14.4. The van der Waals surface area contributed by atoms with Crippen LogP contribution in [0.5, 0.6) is 5.75 Å². The Labute approximate surface area is 159 Å². The summed E-state index contributed by atoms with van der Waals surface area (Å²) < 4.78 is 40.5. The van der Waals surface area contributed by atoms with Crippen molar-refractivity contribution in [2.24, 2.45) is 5.92 Å². The Morgan fingerprint density at radius 2 is 1.85 bits per heavy atom. The van der Waals surface area contributed by atoms with Crippen LogP contribution in [-0.2, 0) is 19.5 Å². The Bertz CT molecular complexity index is 823. The zero-order chi connectivity index (χ0) is 20.4. The van der Waals surface area contributed by atoms with Crippen LogP contribution in [0.3, 0.4) is 0 Å². The summed E-state index contributed by atoms with van der Waals surface area (Å²) in [6, 6.07) is 4.18. The van der Waals surface area contributed by atoms with Crippen molar-refractivity contribution in [2.75, 3.05) is 24.2 Å². The fourth-order valence-corrected chi connectivity index (χ4v) is 3.34. The molecule has 0 spiro atoms. The minimum absolute atomic E-state index is 0.0645. The minimum Gasteiger partial charge on any atom is -0.465 e. The smallest absolute Gasteiger partial charge is 0.465 e. The Hall–Kier alpha value is -2.29. The van der Waals surface area contributed by atoms with E-state index in [-0.39, 0.29) is 11.3 Å². The van der Waals surface area contributed by atoms with Gasteiger partial charge in [-0.3, -0.25) is 4.31 Å². The second-order valence-corrected chi connectivity index (χ2v) is 9.38. The van der Waals surface area contributed by atoms with E-state index in [0.29, 0.717) is 18.2 Å². The standard InChI is InChI=1S/C18H25NO7S/c1-18(2,3)26-17(21)25-15-9-8-13(10-14(15)16(20)24-4)19(27(5,22)23)11-12-6-7-12/h8-10,12H,6-7,11H2,1-5H3. The summed E-state index contributed by atoms with van der Waals surface area (Å²) >= 11 is 0. The fourth-order valence-electron chi connectivity index (χ4n) is 2.36.